The second kappa shape index (κ2) is 10.9. The van der Waals surface area contributed by atoms with Gasteiger partial charge in [-0.1, -0.05) is 36.4 Å². The second-order valence-corrected chi connectivity index (χ2v) is 8.77. The molecule has 0 bridgehead atoms. The van der Waals surface area contributed by atoms with E-state index in [4.69, 9.17) is 9.47 Å². The number of imide groups is 1. The molecule has 0 atom stereocenters. The molecule has 0 saturated carbocycles. The van der Waals surface area contributed by atoms with Gasteiger partial charge in [0.1, 0.15) is 6.61 Å². The van der Waals surface area contributed by atoms with Gasteiger partial charge in [0.2, 0.25) is 0 Å². The van der Waals surface area contributed by atoms with Gasteiger partial charge in [-0.05, 0) is 59.7 Å². The van der Waals surface area contributed by atoms with Gasteiger partial charge in [-0.3, -0.25) is 19.7 Å². The number of hydrogen-bond donors (Lipinski definition) is 0. The van der Waals surface area contributed by atoms with Gasteiger partial charge in [-0.15, -0.1) is 6.58 Å². The lowest BCUT2D eigenvalue weighted by atomic mass is 10.0. The lowest BCUT2D eigenvalue weighted by molar-refractivity contribution is -0.384. The number of methoxy groups -OCH3 is 1. The fraction of sp³-hybridized carbons (Fsp3) is 0.111. The lowest BCUT2D eigenvalue weighted by Crippen LogP contribution is -2.27. The Morgan fingerprint density at radius 3 is 2.56 bits per heavy atom. The van der Waals surface area contributed by atoms with Gasteiger partial charge in [-0.2, -0.15) is 0 Å². The molecule has 1 aliphatic heterocycles. The summed E-state index contributed by atoms with van der Waals surface area (Å²) in [7, 11) is 1.50. The number of carbonyl (C=O) groups excluding carboxylic acids is 2. The highest BCUT2D eigenvalue weighted by atomic mass is 32.2. The van der Waals surface area contributed by atoms with Gasteiger partial charge in [0.05, 0.1) is 22.6 Å². The number of benzene rings is 3. The smallest absolute Gasteiger partial charge is 0.298 e. The fourth-order valence-corrected chi connectivity index (χ4v) is 4.56. The molecule has 0 radical (unpaired) electrons. The summed E-state index contributed by atoms with van der Waals surface area (Å²) in [4.78, 5) is 37.6. The summed E-state index contributed by atoms with van der Waals surface area (Å²) in [6.45, 7) is 3.90. The first-order valence-corrected chi connectivity index (χ1v) is 11.7. The van der Waals surface area contributed by atoms with Crippen LogP contribution in [0.3, 0.4) is 0 Å². The van der Waals surface area contributed by atoms with E-state index in [9.17, 15) is 19.7 Å². The van der Waals surface area contributed by atoms with E-state index < -0.39 is 10.8 Å². The Labute approximate surface area is 212 Å². The maximum absolute atomic E-state index is 13.0. The van der Waals surface area contributed by atoms with E-state index in [1.807, 2.05) is 12.1 Å². The summed E-state index contributed by atoms with van der Waals surface area (Å²) in [5.41, 5.74) is 2.54. The van der Waals surface area contributed by atoms with Crippen molar-refractivity contribution < 1.29 is 24.0 Å². The number of rotatable bonds is 9. The summed E-state index contributed by atoms with van der Waals surface area (Å²) in [6, 6.07) is 18.5. The molecule has 1 saturated heterocycles. The van der Waals surface area contributed by atoms with Crippen LogP contribution in [-0.4, -0.2) is 23.2 Å². The van der Waals surface area contributed by atoms with Crippen LogP contribution in [-0.2, 0) is 17.8 Å². The van der Waals surface area contributed by atoms with Gasteiger partial charge in [0.15, 0.2) is 11.5 Å². The van der Waals surface area contributed by atoms with Crippen molar-refractivity contribution in [2.45, 2.75) is 13.0 Å². The topological polar surface area (TPSA) is 99.0 Å². The van der Waals surface area contributed by atoms with Crippen molar-refractivity contribution in [3.8, 4) is 11.5 Å². The minimum atomic E-state index is -0.457. The molecule has 8 nitrogen and oxygen atoms in total. The molecular weight excluding hydrogens is 480 g/mol. The molecule has 0 aliphatic carbocycles. The number of nitro benzene ring substituents is 1. The highest BCUT2D eigenvalue weighted by molar-refractivity contribution is 8.19. The van der Waals surface area contributed by atoms with E-state index in [0.717, 1.165) is 22.2 Å². The summed E-state index contributed by atoms with van der Waals surface area (Å²) < 4.78 is 11.6. The zero-order valence-corrected chi connectivity index (χ0v) is 20.2. The van der Waals surface area contributed by atoms with Crippen molar-refractivity contribution in [2.24, 2.45) is 0 Å². The summed E-state index contributed by atoms with van der Waals surface area (Å²) in [6.07, 6.45) is 3.81. The average molecular weight is 503 g/mol. The molecule has 182 valence electrons. The molecule has 1 fully saturated rings. The number of nitrogens with zero attached hydrogens (tertiary/aromatic N) is 2. The molecular formula is C27H22N2O6S. The van der Waals surface area contributed by atoms with Crippen molar-refractivity contribution in [2.75, 3.05) is 12.0 Å². The summed E-state index contributed by atoms with van der Waals surface area (Å²) >= 11 is 0.871. The predicted molar refractivity (Wildman–Crippen MR) is 139 cm³/mol. The van der Waals surface area contributed by atoms with Crippen LogP contribution < -0.4 is 14.4 Å². The molecule has 1 aliphatic rings. The first-order chi connectivity index (χ1) is 17.4. The third-order valence-electron chi connectivity index (χ3n) is 5.35. The first kappa shape index (κ1) is 24.7. The van der Waals surface area contributed by atoms with Gasteiger partial charge >= 0.3 is 0 Å². The molecule has 3 aromatic carbocycles. The summed E-state index contributed by atoms with van der Waals surface area (Å²) in [5, 5.41) is 10.7. The van der Waals surface area contributed by atoms with Crippen LogP contribution in [0.25, 0.3) is 6.08 Å². The number of allylic oxidation sites excluding steroid dienone is 1. The third kappa shape index (κ3) is 5.31. The normalized spacial score (nSPS) is 14.2. The van der Waals surface area contributed by atoms with Crippen LogP contribution in [0.1, 0.15) is 16.7 Å². The van der Waals surface area contributed by atoms with E-state index in [-0.39, 0.29) is 17.5 Å². The van der Waals surface area contributed by atoms with Crippen molar-refractivity contribution in [1.29, 1.82) is 0 Å². The van der Waals surface area contributed by atoms with Crippen LogP contribution in [0.4, 0.5) is 16.2 Å². The van der Waals surface area contributed by atoms with Gasteiger partial charge in [-0.25, -0.2) is 4.90 Å². The highest BCUT2D eigenvalue weighted by Gasteiger charge is 2.36. The highest BCUT2D eigenvalue weighted by Crippen LogP contribution is 2.39. The minimum absolute atomic E-state index is 0.0193. The van der Waals surface area contributed by atoms with Gasteiger partial charge in [0.25, 0.3) is 16.8 Å². The number of anilines is 1. The molecule has 0 unspecified atom stereocenters. The Morgan fingerprint density at radius 2 is 1.86 bits per heavy atom. The lowest BCUT2D eigenvalue weighted by Gasteiger charge is -2.16. The van der Waals surface area contributed by atoms with Crippen LogP contribution >= 0.6 is 11.8 Å². The second-order valence-electron chi connectivity index (χ2n) is 7.77. The first-order valence-electron chi connectivity index (χ1n) is 10.9. The van der Waals surface area contributed by atoms with Crippen LogP contribution in [0.15, 0.2) is 84.3 Å². The Hall–Kier alpha value is -4.37. The third-order valence-corrected chi connectivity index (χ3v) is 6.22. The van der Waals surface area contributed by atoms with E-state index in [1.54, 1.807) is 54.6 Å². The number of amides is 2. The molecule has 0 aromatic heterocycles. The van der Waals surface area contributed by atoms with E-state index in [0.29, 0.717) is 39.6 Å². The van der Waals surface area contributed by atoms with E-state index in [2.05, 4.69) is 6.58 Å². The molecule has 3 aromatic rings. The Bertz CT molecular complexity index is 1370. The molecule has 2 amide bonds. The van der Waals surface area contributed by atoms with Crippen LogP contribution in [0, 0.1) is 10.1 Å². The van der Waals surface area contributed by atoms with Crippen molar-refractivity contribution in [1.82, 2.24) is 0 Å². The molecule has 9 heteroatoms. The monoisotopic (exact) mass is 502 g/mol. The molecule has 1 heterocycles. The predicted octanol–water partition coefficient (Wildman–Crippen LogP) is 6.15. The van der Waals surface area contributed by atoms with Crippen molar-refractivity contribution in [3.63, 3.8) is 0 Å². The standard InChI is InChI=1S/C27H22N2O6S/c1-3-8-20-13-19(16-24-26(30)28(27(31)36-24)21-10-5-4-6-11-21)15-23(34-2)25(20)35-17-18-9-7-12-22(14-18)29(32)33/h3-7,9-16H,1,8,17H2,2H3/b24-16-. The zero-order chi connectivity index (χ0) is 25.7. The van der Waals surface area contributed by atoms with Crippen LogP contribution in [0.5, 0.6) is 11.5 Å². The molecule has 0 N–H and O–H groups in total. The zero-order valence-electron chi connectivity index (χ0n) is 19.4. The van der Waals surface area contributed by atoms with Crippen molar-refractivity contribution >= 4 is 40.4 Å². The Kier molecular flexibility index (Phi) is 7.50. The Morgan fingerprint density at radius 1 is 1.08 bits per heavy atom. The molecule has 36 heavy (non-hydrogen) atoms. The van der Waals surface area contributed by atoms with E-state index >= 15 is 0 Å². The largest absolute Gasteiger partial charge is 0.493 e. The number of carbonyl (C=O) groups is 2. The molecule has 0 spiro atoms. The summed E-state index contributed by atoms with van der Waals surface area (Å²) in [5.74, 6) is 0.498. The number of non-ortho nitro benzene ring substituents is 1. The number of para-hydroxylation sites is 1. The van der Waals surface area contributed by atoms with E-state index in [1.165, 1.54) is 19.2 Å². The maximum Gasteiger partial charge on any atom is 0.298 e. The quantitative estimate of drug-likeness (QED) is 0.150. The van der Waals surface area contributed by atoms with Crippen molar-refractivity contribution in [3.05, 3.63) is 111 Å². The van der Waals surface area contributed by atoms with Crippen LogP contribution in [0.2, 0.25) is 0 Å². The number of nitro groups is 1. The minimum Gasteiger partial charge on any atom is -0.493 e. The number of thioether (sulfide) groups is 1. The number of hydrogen-bond acceptors (Lipinski definition) is 7. The fourth-order valence-electron chi connectivity index (χ4n) is 3.72. The number of ether oxygens (including phenoxy) is 2. The SMILES string of the molecule is C=CCc1cc(/C=C2\SC(=O)N(c3ccccc3)C2=O)cc(OC)c1OCc1cccc([N+](=O)[O-])c1. The average Bonchev–Trinajstić information content (AvgIpc) is 3.16. The molecule has 4 rings (SSSR count). The van der Waals surface area contributed by atoms with Gasteiger partial charge in [0, 0.05) is 17.7 Å². The maximum atomic E-state index is 13.0. The Balaban J connectivity index is 1.63. The van der Waals surface area contributed by atoms with Gasteiger partial charge < -0.3 is 9.47 Å².